The van der Waals surface area contributed by atoms with E-state index >= 15 is 0 Å². The van der Waals surface area contributed by atoms with Crippen molar-refractivity contribution < 1.29 is 9.47 Å². The van der Waals surface area contributed by atoms with Gasteiger partial charge in [0.25, 0.3) is 0 Å². The SMILES string of the molecule is COc1cc(CNCc2ccncc2)ccc1N1CCOCC1. The van der Waals surface area contributed by atoms with Crippen molar-refractivity contribution in [2.24, 2.45) is 0 Å². The smallest absolute Gasteiger partial charge is 0.142 e. The minimum absolute atomic E-state index is 0.776. The molecule has 1 fully saturated rings. The van der Waals surface area contributed by atoms with Gasteiger partial charge < -0.3 is 19.7 Å². The topological polar surface area (TPSA) is 46.6 Å². The Kier molecular flexibility index (Phi) is 5.45. The molecule has 0 radical (unpaired) electrons. The molecule has 1 aliphatic rings. The Morgan fingerprint density at radius 1 is 1.09 bits per heavy atom. The van der Waals surface area contributed by atoms with Gasteiger partial charge in [-0.05, 0) is 35.4 Å². The highest BCUT2D eigenvalue weighted by Gasteiger charge is 2.15. The van der Waals surface area contributed by atoms with E-state index in [9.17, 15) is 0 Å². The highest BCUT2D eigenvalue weighted by molar-refractivity contribution is 5.60. The summed E-state index contributed by atoms with van der Waals surface area (Å²) in [5, 5.41) is 3.45. The first-order valence-corrected chi connectivity index (χ1v) is 7.96. The molecule has 0 amide bonds. The van der Waals surface area contributed by atoms with Gasteiger partial charge in [-0.15, -0.1) is 0 Å². The van der Waals surface area contributed by atoms with E-state index in [-0.39, 0.29) is 0 Å². The molecule has 1 aromatic carbocycles. The van der Waals surface area contributed by atoms with Crippen LogP contribution in [0, 0.1) is 0 Å². The van der Waals surface area contributed by atoms with Crippen LogP contribution in [0.1, 0.15) is 11.1 Å². The summed E-state index contributed by atoms with van der Waals surface area (Å²) < 4.78 is 11.0. The van der Waals surface area contributed by atoms with Crippen molar-refractivity contribution >= 4 is 5.69 Å². The molecule has 1 N–H and O–H groups in total. The van der Waals surface area contributed by atoms with E-state index in [4.69, 9.17) is 9.47 Å². The second kappa shape index (κ2) is 7.94. The van der Waals surface area contributed by atoms with Crippen molar-refractivity contribution in [1.29, 1.82) is 0 Å². The van der Waals surface area contributed by atoms with Gasteiger partial charge in [-0.2, -0.15) is 0 Å². The van der Waals surface area contributed by atoms with Crippen LogP contribution in [0.2, 0.25) is 0 Å². The van der Waals surface area contributed by atoms with Crippen molar-refractivity contribution in [3.63, 3.8) is 0 Å². The molecular weight excluding hydrogens is 290 g/mol. The van der Waals surface area contributed by atoms with Crippen LogP contribution in [0.4, 0.5) is 5.69 Å². The molecule has 2 aromatic rings. The summed E-state index contributed by atoms with van der Waals surface area (Å²) in [5.41, 5.74) is 3.60. The van der Waals surface area contributed by atoms with Gasteiger partial charge in [0.1, 0.15) is 5.75 Å². The molecule has 122 valence electrons. The van der Waals surface area contributed by atoms with Gasteiger partial charge in [0.15, 0.2) is 0 Å². The lowest BCUT2D eigenvalue weighted by atomic mass is 10.1. The van der Waals surface area contributed by atoms with E-state index in [0.717, 1.165) is 50.8 Å². The van der Waals surface area contributed by atoms with Crippen LogP contribution >= 0.6 is 0 Å². The van der Waals surface area contributed by atoms with Gasteiger partial charge in [-0.25, -0.2) is 0 Å². The number of benzene rings is 1. The number of nitrogens with zero attached hydrogens (tertiary/aromatic N) is 2. The Morgan fingerprint density at radius 3 is 2.57 bits per heavy atom. The molecule has 2 heterocycles. The fourth-order valence-corrected chi connectivity index (χ4v) is 2.75. The molecule has 0 unspecified atom stereocenters. The summed E-state index contributed by atoms with van der Waals surface area (Å²) in [7, 11) is 1.73. The quantitative estimate of drug-likeness (QED) is 0.886. The lowest BCUT2D eigenvalue weighted by Crippen LogP contribution is -2.36. The Bertz CT molecular complexity index is 613. The lowest BCUT2D eigenvalue weighted by Gasteiger charge is -2.30. The second-order valence-corrected chi connectivity index (χ2v) is 5.56. The first-order valence-electron chi connectivity index (χ1n) is 7.96. The number of ether oxygens (including phenoxy) is 2. The van der Waals surface area contributed by atoms with Crippen molar-refractivity contribution in [2.45, 2.75) is 13.1 Å². The van der Waals surface area contributed by atoms with Crippen molar-refractivity contribution in [1.82, 2.24) is 10.3 Å². The molecule has 3 rings (SSSR count). The summed E-state index contributed by atoms with van der Waals surface area (Å²) in [6.07, 6.45) is 3.63. The van der Waals surface area contributed by atoms with Crippen LogP contribution in [-0.2, 0) is 17.8 Å². The number of hydrogen-bond acceptors (Lipinski definition) is 5. The maximum absolute atomic E-state index is 5.59. The molecule has 0 spiro atoms. The lowest BCUT2D eigenvalue weighted by molar-refractivity contribution is 0.122. The third-order valence-electron chi connectivity index (χ3n) is 4.00. The molecule has 0 saturated carbocycles. The Balaban J connectivity index is 1.62. The van der Waals surface area contributed by atoms with E-state index in [2.05, 4.69) is 33.4 Å². The van der Waals surface area contributed by atoms with Crippen LogP contribution in [0.15, 0.2) is 42.7 Å². The van der Waals surface area contributed by atoms with Crippen LogP contribution in [0.25, 0.3) is 0 Å². The molecule has 5 heteroatoms. The number of methoxy groups -OCH3 is 1. The van der Waals surface area contributed by atoms with Crippen molar-refractivity contribution in [3.8, 4) is 5.75 Å². The molecule has 5 nitrogen and oxygen atoms in total. The zero-order valence-electron chi connectivity index (χ0n) is 13.5. The van der Waals surface area contributed by atoms with Crippen LogP contribution in [0.5, 0.6) is 5.75 Å². The Hall–Kier alpha value is -2.11. The van der Waals surface area contributed by atoms with Crippen molar-refractivity contribution in [3.05, 3.63) is 53.9 Å². The first kappa shape index (κ1) is 15.8. The highest BCUT2D eigenvalue weighted by atomic mass is 16.5. The number of morpholine rings is 1. The molecule has 0 bridgehead atoms. The molecule has 1 aromatic heterocycles. The normalized spacial score (nSPS) is 14.7. The number of nitrogens with one attached hydrogen (secondary N) is 1. The van der Waals surface area contributed by atoms with Crippen LogP contribution in [0.3, 0.4) is 0 Å². The minimum Gasteiger partial charge on any atom is -0.495 e. The predicted octanol–water partition coefficient (Wildman–Crippen LogP) is 2.22. The summed E-state index contributed by atoms with van der Waals surface area (Å²) in [6, 6.07) is 10.5. The maximum atomic E-state index is 5.59. The van der Waals surface area contributed by atoms with Gasteiger partial charge in [-0.3, -0.25) is 4.98 Å². The molecule has 0 atom stereocenters. The maximum Gasteiger partial charge on any atom is 0.142 e. The van der Waals surface area contributed by atoms with Gasteiger partial charge in [0.2, 0.25) is 0 Å². The Labute approximate surface area is 137 Å². The van der Waals surface area contributed by atoms with Crippen molar-refractivity contribution in [2.75, 3.05) is 38.3 Å². The van der Waals surface area contributed by atoms with E-state index in [0.29, 0.717) is 0 Å². The largest absolute Gasteiger partial charge is 0.495 e. The summed E-state index contributed by atoms with van der Waals surface area (Å²) >= 11 is 0. The average molecular weight is 313 g/mol. The van der Waals surface area contributed by atoms with Gasteiger partial charge in [0, 0.05) is 38.6 Å². The monoisotopic (exact) mass is 313 g/mol. The molecule has 1 saturated heterocycles. The number of rotatable bonds is 6. The molecule has 1 aliphatic heterocycles. The van der Waals surface area contributed by atoms with Gasteiger partial charge in [-0.1, -0.05) is 6.07 Å². The fraction of sp³-hybridized carbons (Fsp3) is 0.389. The van der Waals surface area contributed by atoms with E-state index in [1.807, 2.05) is 24.5 Å². The zero-order valence-corrected chi connectivity index (χ0v) is 13.5. The summed E-state index contributed by atoms with van der Waals surface area (Å²) in [5.74, 6) is 0.926. The minimum atomic E-state index is 0.776. The average Bonchev–Trinajstić information content (AvgIpc) is 2.63. The zero-order chi connectivity index (χ0) is 15.9. The van der Waals surface area contributed by atoms with Gasteiger partial charge >= 0.3 is 0 Å². The van der Waals surface area contributed by atoms with Crippen LogP contribution in [-0.4, -0.2) is 38.4 Å². The number of pyridine rings is 1. The molecule has 23 heavy (non-hydrogen) atoms. The second-order valence-electron chi connectivity index (χ2n) is 5.56. The third-order valence-corrected chi connectivity index (χ3v) is 4.00. The predicted molar refractivity (Wildman–Crippen MR) is 90.8 cm³/mol. The van der Waals surface area contributed by atoms with E-state index in [1.54, 1.807) is 7.11 Å². The highest BCUT2D eigenvalue weighted by Crippen LogP contribution is 2.29. The van der Waals surface area contributed by atoms with Gasteiger partial charge in [0.05, 0.1) is 26.0 Å². The third kappa shape index (κ3) is 4.21. The fourth-order valence-electron chi connectivity index (χ4n) is 2.75. The summed E-state index contributed by atoms with van der Waals surface area (Å²) in [4.78, 5) is 6.35. The number of hydrogen-bond donors (Lipinski definition) is 1. The van der Waals surface area contributed by atoms with E-state index < -0.39 is 0 Å². The van der Waals surface area contributed by atoms with Crippen LogP contribution < -0.4 is 15.0 Å². The first-order chi connectivity index (χ1) is 11.4. The Morgan fingerprint density at radius 2 is 1.83 bits per heavy atom. The number of aromatic nitrogens is 1. The van der Waals surface area contributed by atoms with E-state index in [1.165, 1.54) is 11.1 Å². The summed E-state index contributed by atoms with van der Waals surface area (Å²) in [6.45, 7) is 5.01. The molecular formula is C18H23N3O2. The number of anilines is 1. The molecule has 0 aliphatic carbocycles. The standard InChI is InChI=1S/C18H23N3O2/c1-22-18-12-16(14-20-13-15-4-6-19-7-5-15)2-3-17(18)21-8-10-23-11-9-21/h2-7,12,20H,8-11,13-14H2,1H3.